The molecule has 102 valence electrons. The molecule has 2 aromatic rings. The summed E-state index contributed by atoms with van der Waals surface area (Å²) in [6.45, 7) is 0. The second-order valence-electron chi connectivity index (χ2n) is 4.10. The molecule has 2 nitrogen and oxygen atoms in total. The van der Waals surface area contributed by atoms with Crippen molar-refractivity contribution in [2.75, 3.05) is 7.11 Å². The number of allylic oxidation sites excluding steroid dienone is 1. The number of ether oxygens (including phenoxy) is 1. The van der Waals surface area contributed by atoms with Crippen molar-refractivity contribution in [1.82, 2.24) is 0 Å². The van der Waals surface area contributed by atoms with E-state index in [1.807, 2.05) is 0 Å². The molecule has 0 aromatic heterocycles. The fourth-order valence-electron chi connectivity index (χ4n) is 1.76. The highest BCUT2D eigenvalue weighted by molar-refractivity contribution is 6.06. The number of hydrogen-bond donors (Lipinski definition) is 0. The Morgan fingerprint density at radius 2 is 1.75 bits per heavy atom. The molecule has 0 amide bonds. The van der Waals surface area contributed by atoms with E-state index in [2.05, 4.69) is 0 Å². The first kappa shape index (κ1) is 13.9. The molecule has 0 unspecified atom stereocenters. The van der Waals surface area contributed by atoms with Gasteiger partial charge < -0.3 is 4.74 Å². The molecule has 0 saturated heterocycles. The van der Waals surface area contributed by atoms with E-state index in [-0.39, 0.29) is 5.56 Å². The highest BCUT2D eigenvalue weighted by Crippen LogP contribution is 2.19. The summed E-state index contributed by atoms with van der Waals surface area (Å²) in [5, 5.41) is 0. The number of ketones is 1. The van der Waals surface area contributed by atoms with Crippen LogP contribution < -0.4 is 4.74 Å². The van der Waals surface area contributed by atoms with Gasteiger partial charge in [0.25, 0.3) is 0 Å². The Balaban J connectivity index is 2.24. The first-order valence-electron chi connectivity index (χ1n) is 5.91. The average molecular weight is 274 g/mol. The third-order valence-corrected chi connectivity index (χ3v) is 2.70. The normalized spacial score (nSPS) is 10.8. The van der Waals surface area contributed by atoms with Crippen LogP contribution in [0.2, 0.25) is 0 Å². The topological polar surface area (TPSA) is 26.3 Å². The van der Waals surface area contributed by atoms with E-state index in [0.29, 0.717) is 11.3 Å². The van der Waals surface area contributed by atoms with Gasteiger partial charge >= 0.3 is 0 Å². The predicted octanol–water partition coefficient (Wildman–Crippen LogP) is 3.87. The van der Waals surface area contributed by atoms with Gasteiger partial charge in [-0.05, 0) is 30.4 Å². The molecule has 0 fully saturated rings. The maximum atomic E-state index is 13.0. The second-order valence-corrected chi connectivity index (χ2v) is 4.10. The van der Waals surface area contributed by atoms with Crippen molar-refractivity contribution in [2.24, 2.45) is 0 Å². The van der Waals surface area contributed by atoms with Crippen LogP contribution in [0.3, 0.4) is 0 Å². The first-order valence-corrected chi connectivity index (χ1v) is 5.91. The fourth-order valence-corrected chi connectivity index (χ4v) is 1.76. The molecule has 2 rings (SSSR count). The molecule has 0 radical (unpaired) electrons. The van der Waals surface area contributed by atoms with Crippen LogP contribution in [-0.2, 0) is 0 Å². The number of hydrogen-bond acceptors (Lipinski definition) is 2. The minimum atomic E-state index is -0.779. The average Bonchev–Trinajstić information content (AvgIpc) is 2.44. The van der Waals surface area contributed by atoms with Gasteiger partial charge in [-0.25, -0.2) is 8.78 Å². The Hall–Kier alpha value is -2.49. The molecule has 20 heavy (non-hydrogen) atoms. The van der Waals surface area contributed by atoms with E-state index in [9.17, 15) is 13.6 Å². The van der Waals surface area contributed by atoms with Crippen molar-refractivity contribution in [3.63, 3.8) is 0 Å². The third-order valence-electron chi connectivity index (χ3n) is 2.70. The van der Waals surface area contributed by atoms with Crippen molar-refractivity contribution >= 4 is 11.9 Å². The lowest BCUT2D eigenvalue weighted by molar-refractivity contribution is 0.104. The minimum Gasteiger partial charge on any atom is -0.496 e. The molecule has 0 atom stereocenters. The number of halogens is 2. The third kappa shape index (κ3) is 3.29. The molecule has 0 spiro atoms. The molecule has 0 saturated carbocycles. The van der Waals surface area contributed by atoms with E-state index < -0.39 is 17.4 Å². The van der Waals surface area contributed by atoms with Gasteiger partial charge in [-0.2, -0.15) is 0 Å². The molecule has 0 aliphatic rings. The zero-order valence-corrected chi connectivity index (χ0v) is 10.8. The zero-order valence-electron chi connectivity index (χ0n) is 10.8. The lowest BCUT2D eigenvalue weighted by atomic mass is 10.1. The van der Waals surface area contributed by atoms with Crippen LogP contribution in [0.15, 0.2) is 48.5 Å². The highest BCUT2D eigenvalue weighted by Gasteiger charge is 2.06. The van der Waals surface area contributed by atoms with Crippen LogP contribution in [0.5, 0.6) is 5.75 Å². The number of carbonyl (C=O) groups excluding carboxylic acids is 1. The molecule has 0 aliphatic heterocycles. The molecular formula is C16H12F2O2. The maximum absolute atomic E-state index is 13.0. The van der Waals surface area contributed by atoms with Crippen LogP contribution in [0, 0.1) is 11.6 Å². The van der Waals surface area contributed by atoms with Gasteiger partial charge in [0.2, 0.25) is 0 Å². The van der Waals surface area contributed by atoms with Crippen LogP contribution >= 0.6 is 0 Å². The van der Waals surface area contributed by atoms with Gasteiger partial charge in [0.15, 0.2) is 5.78 Å². The maximum Gasteiger partial charge on any atom is 0.186 e. The Morgan fingerprint density at radius 1 is 1.10 bits per heavy atom. The molecule has 2 aromatic carbocycles. The largest absolute Gasteiger partial charge is 0.496 e. The number of benzene rings is 2. The standard InChI is InChI=1S/C16H12F2O2/c1-20-16-5-3-2-4-11(16)6-7-15(19)12-8-13(17)10-14(18)9-12/h2-10H,1H3/b7-6+. The summed E-state index contributed by atoms with van der Waals surface area (Å²) in [6.07, 6.45) is 2.80. The summed E-state index contributed by atoms with van der Waals surface area (Å²) < 4.78 is 31.2. The summed E-state index contributed by atoms with van der Waals surface area (Å²) in [7, 11) is 1.52. The van der Waals surface area contributed by atoms with Crippen LogP contribution in [0.25, 0.3) is 6.08 Å². The predicted molar refractivity (Wildman–Crippen MR) is 72.7 cm³/mol. The van der Waals surface area contributed by atoms with E-state index in [1.54, 1.807) is 30.3 Å². The second kappa shape index (κ2) is 6.10. The van der Waals surface area contributed by atoms with Gasteiger partial charge in [0.05, 0.1) is 7.11 Å². The lowest BCUT2D eigenvalue weighted by Crippen LogP contribution is -1.96. The van der Waals surface area contributed by atoms with E-state index in [1.165, 1.54) is 13.2 Å². The van der Waals surface area contributed by atoms with Crippen LogP contribution in [-0.4, -0.2) is 12.9 Å². The smallest absolute Gasteiger partial charge is 0.186 e. The summed E-state index contributed by atoms with van der Waals surface area (Å²) in [4.78, 5) is 11.9. The van der Waals surface area contributed by atoms with Gasteiger partial charge in [0, 0.05) is 17.2 Å². The van der Waals surface area contributed by atoms with Crippen LogP contribution in [0.4, 0.5) is 8.78 Å². The molecule has 0 aliphatic carbocycles. The van der Waals surface area contributed by atoms with Crippen molar-refractivity contribution in [3.05, 3.63) is 71.3 Å². The van der Waals surface area contributed by atoms with Crippen molar-refractivity contribution in [3.8, 4) is 5.75 Å². The van der Waals surface area contributed by atoms with Gasteiger partial charge in [0.1, 0.15) is 17.4 Å². The lowest BCUT2D eigenvalue weighted by Gasteiger charge is -2.03. The van der Waals surface area contributed by atoms with Gasteiger partial charge in [-0.15, -0.1) is 0 Å². The van der Waals surface area contributed by atoms with Gasteiger partial charge in [-0.3, -0.25) is 4.79 Å². The van der Waals surface area contributed by atoms with Crippen molar-refractivity contribution in [2.45, 2.75) is 0 Å². The van der Waals surface area contributed by atoms with Crippen molar-refractivity contribution < 1.29 is 18.3 Å². The quantitative estimate of drug-likeness (QED) is 0.625. The molecule has 0 heterocycles. The number of rotatable bonds is 4. The Kier molecular flexibility index (Phi) is 4.25. The van der Waals surface area contributed by atoms with Crippen LogP contribution in [0.1, 0.15) is 15.9 Å². The Bertz CT molecular complexity index is 643. The molecular weight excluding hydrogens is 262 g/mol. The van der Waals surface area contributed by atoms with Gasteiger partial charge in [-0.1, -0.05) is 18.2 Å². The fraction of sp³-hybridized carbons (Fsp3) is 0.0625. The molecule has 0 N–H and O–H groups in total. The van der Waals surface area contributed by atoms with E-state index in [0.717, 1.165) is 18.2 Å². The number of carbonyl (C=O) groups is 1. The van der Waals surface area contributed by atoms with E-state index in [4.69, 9.17) is 4.74 Å². The summed E-state index contributed by atoms with van der Waals surface area (Å²) in [5.41, 5.74) is 0.675. The number of para-hydroxylation sites is 1. The summed E-state index contributed by atoms with van der Waals surface area (Å²) in [6, 6.07) is 9.85. The monoisotopic (exact) mass is 274 g/mol. The highest BCUT2D eigenvalue weighted by atomic mass is 19.1. The first-order chi connectivity index (χ1) is 9.60. The van der Waals surface area contributed by atoms with E-state index >= 15 is 0 Å². The zero-order chi connectivity index (χ0) is 14.5. The SMILES string of the molecule is COc1ccccc1/C=C/C(=O)c1cc(F)cc(F)c1. The minimum absolute atomic E-state index is 0.0337. The Morgan fingerprint density at radius 3 is 2.40 bits per heavy atom. The Labute approximate surface area is 115 Å². The molecule has 4 heteroatoms. The number of methoxy groups -OCH3 is 1. The van der Waals surface area contributed by atoms with Crippen molar-refractivity contribution in [1.29, 1.82) is 0 Å². The molecule has 0 bridgehead atoms. The summed E-state index contributed by atoms with van der Waals surface area (Å²) in [5.74, 6) is -1.42. The summed E-state index contributed by atoms with van der Waals surface area (Å²) >= 11 is 0.